The van der Waals surface area contributed by atoms with Gasteiger partial charge in [0.25, 0.3) is 0 Å². The Morgan fingerprint density at radius 2 is 1.62 bits per heavy atom. The molecule has 1 aromatic carbocycles. The standard InChI is InChI=1S/C10H8O2S/c11-9-3-8(4-10(12)5-9)7-1-2-13-6-7/h1-6,11-12H. The van der Waals surface area contributed by atoms with Crippen LogP contribution in [0.4, 0.5) is 0 Å². The first-order valence-corrected chi connectivity index (χ1v) is 4.75. The maximum absolute atomic E-state index is 9.24. The van der Waals surface area contributed by atoms with Crippen molar-refractivity contribution in [2.24, 2.45) is 0 Å². The Hall–Kier alpha value is -1.48. The lowest BCUT2D eigenvalue weighted by atomic mass is 10.1. The second-order valence-corrected chi connectivity index (χ2v) is 3.53. The minimum absolute atomic E-state index is 0.0844. The smallest absolute Gasteiger partial charge is 0.119 e. The predicted octanol–water partition coefficient (Wildman–Crippen LogP) is 2.83. The molecule has 2 aromatic rings. The Kier molecular flexibility index (Phi) is 1.94. The van der Waals surface area contributed by atoms with Crippen LogP contribution >= 0.6 is 11.3 Å². The molecule has 13 heavy (non-hydrogen) atoms. The van der Waals surface area contributed by atoms with Crippen molar-refractivity contribution in [2.45, 2.75) is 0 Å². The topological polar surface area (TPSA) is 40.5 Å². The summed E-state index contributed by atoms with van der Waals surface area (Å²) in [6.07, 6.45) is 0. The molecule has 66 valence electrons. The summed E-state index contributed by atoms with van der Waals surface area (Å²) in [7, 11) is 0. The van der Waals surface area contributed by atoms with Crippen molar-refractivity contribution in [3.8, 4) is 22.6 Å². The summed E-state index contributed by atoms with van der Waals surface area (Å²) in [6, 6.07) is 6.51. The third-order valence-electron chi connectivity index (χ3n) is 1.76. The molecule has 0 amide bonds. The summed E-state index contributed by atoms with van der Waals surface area (Å²) in [4.78, 5) is 0. The molecule has 0 saturated carbocycles. The van der Waals surface area contributed by atoms with Gasteiger partial charge in [0.1, 0.15) is 11.5 Å². The van der Waals surface area contributed by atoms with E-state index in [2.05, 4.69) is 0 Å². The highest BCUT2D eigenvalue weighted by molar-refractivity contribution is 7.08. The minimum atomic E-state index is 0.0844. The number of aromatic hydroxyl groups is 2. The van der Waals surface area contributed by atoms with Crippen LogP contribution in [-0.4, -0.2) is 10.2 Å². The molecule has 0 unspecified atom stereocenters. The van der Waals surface area contributed by atoms with E-state index in [-0.39, 0.29) is 11.5 Å². The van der Waals surface area contributed by atoms with Gasteiger partial charge in [0.05, 0.1) is 0 Å². The number of rotatable bonds is 1. The molecular formula is C10H8O2S. The summed E-state index contributed by atoms with van der Waals surface area (Å²) in [5, 5.41) is 22.4. The van der Waals surface area contributed by atoms with Crippen molar-refractivity contribution in [1.29, 1.82) is 0 Å². The number of thiophene rings is 1. The highest BCUT2D eigenvalue weighted by Gasteiger charge is 2.01. The molecule has 0 bridgehead atoms. The summed E-state index contributed by atoms with van der Waals surface area (Å²) in [5.74, 6) is 0.169. The van der Waals surface area contributed by atoms with Crippen molar-refractivity contribution in [3.63, 3.8) is 0 Å². The molecule has 0 aliphatic rings. The van der Waals surface area contributed by atoms with Crippen LogP contribution < -0.4 is 0 Å². The third kappa shape index (κ3) is 1.65. The van der Waals surface area contributed by atoms with E-state index < -0.39 is 0 Å². The second kappa shape index (κ2) is 3.11. The monoisotopic (exact) mass is 192 g/mol. The lowest BCUT2D eigenvalue weighted by molar-refractivity contribution is 0.451. The van der Waals surface area contributed by atoms with Gasteiger partial charge in [0.2, 0.25) is 0 Å². The van der Waals surface area contributed by atoms with Crippen LogP contribution in [0.15, 0.2) is 35.0 Å². The summed E-state index contributed by atoms with van der Waals surface area (Å²) in [5.41, 5.74) is 1.84. The van der Waals surface area contributed by atoms with E-state index in [9.17, 15) is 10.2 Å². The first-order valence-electron chi connectivity index (χ1n) is 3.81. The first-order chi connectivity index (χ1) is 6.25. The maximum Gasteiger partial charge on any atom is 0.119 e. The SMILES string of the molecule is Oc1cc(O)cc(-c2ccsc2)c1. The van der Waals surface area contributed by atoms with Crippen LogP contribution in [0.5, 0.6) is 11.5 Å². The molecule has 0 aliphatic carbocycles. The largest absolute Gasteiger partial charge is 0.508 e. The van der Waals surface area contributed by atoms with Crippen LogP contribution in [-0.2, 0) is 0 Å². The normalized spacial score (nSPS) is 10.2. The number of benzene rings is 1. The molecule has 1 heterocycles. The maximum atomic E-state index is 9.24. The van der Waals surface area contributed by atoms with Crippen molar-refractivity contribution >= 4 is 11.3 Å². The Labute approximate surface area is 79.7 Å². The zero-order chi connectivity index (χ0) is 9.26. The number of phenolic OH excluding ortho intramolecular Hbond substituents is 2. The zero-order valence-electron chi connectivity index (χ0n) is 6.77. The highest BCUT2D eigenvalue weighted by Crippen LogP contribution is 2.29. The lowest BCUT2D eigenvalue weighted by Crippen LogP contribution is -1.73. The molecule has 2 N–H and O–H groups in total. The summed E-state index contributed by atoms with van der Waals surface area (Å²) >= 11 is 1.58. The molecule has 0 spiro atoms. The van der Waals surface area contributed by atoms with Gasteiger partial charge in [-0.05, 0) is 40.1 Å². The molecule has 1 aromatic heterocycles. The molecule has 0 aliphatic heterocycles. The number of hydrogen-bond donors (Lipinski definition) is 2. The quantitative estimate of drug-likeness (QED) is 0.729. The van der Waals surface area contributed by atoms with E-state index in [1.165, 1.54) is 6.07 Å². The minimum Gasteiger partial charge on any atom is -0.508 e. The first kappa shape index (κ1) is 8.13. The molecule has 0 atom stereocenters. The van der Waals surface area contributed by atoms with Crippen molar-refractivity contribution in [2.75, 3.05) is 0 Å². The van der Waals surface area contributed by atoms with Gasteiger partial charge in [-0.2, -0.15) is 11.3 Å². The third-order valence-corrected chi connectivity index (χ3v) is 2.44. The highest BCUT2D eigenvalue weighted by atomic mass is 32.1. The molecule has 0 saturated heterocycles. The van der Waals surface area contributed by atoms with Crippen LogP contribution in [0.1, 0.15) is 0 Å². The van der Waals surface area contributed by atoms with Gasteiger partial charge in [-0.25, -0.2) is 0 Å². The molecule has 2 rings (SSSR count). The van der Waals surface area contributed by atoms with E-state index in [1.807, 2.05) is 16.8 Å². The molecule has 0 fully saturated rings. The van der Waals surface area contributed by atoms with Crippen molar-refractivity contribution in [3.05, 3.63) is 35.0 Å². The van der Waals surface area contributed by atoms with Gasteiger partial charge in [-0.15, -0.1) is 0 Å². The van der Waals surface area contributed by atoms with Crippen LogP contribution in [0.25, 0.3) is 11.1 Å². The van der Waals surface area contributed by atoms with Crippen LogP contribution in [0.3, 0.4) is 0 Å². The Balaban J connectivity index is 2.53. The molecule has 3 heteroatoms. The number of hydrogen-bond acceptors (Lipinski definition) is 3. The van der Waals surface area contributed by atoms with E-state index in [4.69, 9.17) is 0 Å². The molecule has 0 radical (unpaired) electrons. The average Bonchev–Trinajstić information content (AvgIpc) is 2.53. The number of phenols is 2. The fourth-order valence-electron chi connectivity index (χ4n) is 1.19. The van der Waals surface area contributed by atoms with Gasteiger partial charge < -0.3 is 10.2 Å². The molecular weight excluding hydrogens is 184 g/mol. The second-order valence-electron chi connectivity index (χ2n) is 2.75. The van der Waals surface area contributed by atoms with Crippen LogP contribution in [0.2, 0.25) is 0 Å². The summed E-state index contributed by atoms with van der Waals surface area (Å²) < 4.78 is 0. The van der Waals surface area contributed by atoms with Crippen molar-refractivity contribution < 1.29 is 10.2 Å². The molecule has 2 nitrogen and oxygen atoms in total. The Morgan fingerprint density at radius 3 is 2.15 bits per heavy atom. The Bertz CT molecular complexity index is 387. The zero-order valence-corrected chi connectivity index (χ0v) is 7.58. The average molecular weight is 192 g/mol. The van der Waals surface area contributed by atoms with Gasteiger partial charge in [0.15, 0.2) is 0 Å². The fourth-order valence-corrected chi connectivity index (χ4v) is 1.86. The van der Waals surface area contributed by atoms with E-state index in [1.54, 1.807) is 23.5 Å². The van der Waals surface area contributed by atoms with Gasteiger partial charge in [0, 0.05) is 6.07 Å². The van der Waals surface area contributed by atoms with Gasteiger partial charge in [-0.3, -0.25) is 0 Å². The lowest BCUT2D eigenvalue weighted by Gasteiger charge is -2.00. The Morgan fingerprint density at radius 1 is 0.923 bits per heavy atom. The summed E-state index contributed by atoms with van der Waals surface area (Å²) in [6.45, 7) is 0. The van der Waals surface area contributed by atoms with E-state index in [0.717, 1.165) is 11.1 Å². The van der Waals surface area contributed by atoms with Gasteiger partial charge in [-0.1, -0.05) is 0 Å². The van der Waals surface area contributed by atoms with Crippen molar-refractivity contribution in [1.82, 2.24) is 0 Å². The fraction of sp³-hybridized carbons (Fsp3) is 0. The van der Waals surface area contributed by atoms with Crippen LogP contribution in [0, 0.1) is 0 Å². The predicted molar refractivity (Wildman–Crippen MR) is 53.1 cm³/mol. The van der Waals surface area contributed by atoms with E-state index in [0.29, 0.717) is 0 Å². The van der Waals surface area contributed by atoms with Gasteiger partial charge >= 0.3 is 0 Å². The van der Waals surface area contributed by atoms with E-state index >= 15 is 0 Å².